The van der Waals surface area contributed by atoms with E-state index in [2.05, 4.69) is 127 Å². The van der Waals surface area contributed by atoms with Gasteiger partial charge in [-0.25, -0.2) is 4.98 Å². The highest BCUT2D eigenvalue weighted by Gasteiger charge is 2.33. The van der Waals surface area contributed by atoms with E-state index in [9.17, 15) is 0 Å². The highest BCUT2D eigenvalue weighted by molar-refractivity contribution is 6.07. The van der Waals surface area contributed by atoms with Crippen molar-refractivity contribution in [2.45, 2.75) is 18.9 Å². The van der Waals surface area contributed by atoms with E-state index in [-0.39, 0.29) is 6.04 Å². The van der Waals surface area contributed by atoms with Crippen molar-refractivity contribution in [3.8, 4) is 22.4 Å². The summed E-state index contributed by atoms with van der Waals surface area (Å²) in [6.45, 7) is 0. The Bertz CT molecular complexity index is 2280. The standard InChI is InChI=1S/C41H29N3O/c1-4-12-26(13-5-1)33-25-35(27-14-6-2-7-15-27)42-39-31(33)21-22-32-38(43-41(44-40(32)39)28-16-8-3-9-17-28)29-20-23-37-34(24-29)30-18-10-11-19-36(30)45-37/h1-20,23-25,38H,21-22H2,(H,43,44). The summed E-state index contributed by atoms with van der Waals surface area (Å²) in [5, 5.41) is 6.04. The zero-order valence-electron chi connectivity index (χ0n) is 24.6. The second kappa shape index (κ2) is 10.5. The van der Waals surface area contributed by atoms with Gasteiger partial charge in [-0.3, -0.25) is 4.99 Å². The molecule has 0 spiro atoms. The van der Waals surface area contributed by atoms with Gasteiger partial charge in [-0.1, -0.05) is 115 Å². The molecule has 1 N–H and O–H groups in total. The van der Waals surface area contributed by atoms with Crippen LogP contribution in [-0.2, 0) is 6.42 Å². The van der Waals surface area contributed by atoms with Crippen molar-refractivity contribution in [3.63, 3.8) is 0 Å². The number of benzene rings is 5. The van der Waals surface area contributed by atoms with E-state index < -0.39 is 0 Å². The first kappa shape index (κ1) is 25.7. The van der Waals surface area contributed by atoms with Gasteiger partial charge in [0.15, 0.2) is 0 Å². The number of pyridine rings is 1. The van der Waals surface area contributed by atoms with Gasteiger partial charge in [0.1, 0.15) is 23.0 Å². The number of furan rings is 1. The molecule has 4 heteroatoms. The third-order valence-electron chi connectivity index (χ3n) is 9.08. The summed E-state index contributed by atoms with van der Waals surface area (Å²) in [6.07, 6.45) is 1.79. The zero-order chi connectivity index (χ0) is 29.7. The lowest BCUT2D eigenvalue weighted by Crippen LogP contribution is -2.33. The van der Waals surface area contributed by atoms with E-state index >= 15 is 0 Å². The molecule has 45 heavy (non-hydrogen) atoms. The number of nitrogens with zero attached hydrogens (tertiary/aromatic N) is 2. The molecule has 1 aliphatic carbocycles. The summed E-state index contributed by atoms with van der Waals surface area (Å²) in [5.74, 6) is 0.859. The van der Waals surface area contributed by atoms with Crippen LogP contribution < -0.4 is 5.32 Å². The Morgan fingerprint density at radius 1 is 0.600 bits per heavy atom. The number of amidine groups is 1. The second-order valence-electron chi connectivity index (χ2n) is 11.7. The van der Waals surface area contributed by atoms with Crippen LogP contribution in [0.2, 0.25) is 0 Å². The minimum atomic E-state index is -0.148. The predicted octanol–water partition coefficient (Wildman–Crippen LogP) is 9.76. The van der Waals surface area contributed by atoms with E-state index in [4.69, 9.17) is 14.4 Å². The van der Waals surface area contributed by atoms with Crippen LogP contribution in [0.25, 0.3) is 50.0 Å². The number of hydrogen-bond acceptors (Lipinski definition) is 4. The maximum Gasteiger partial charge on any atom is 0.135 e. The zero-order valence-corrected chi connectivity index (χ0v) is 24.6. The van der Waals surface area contributed by atoms with Crippen molar-refractivity contribution in [1.82, 2.24) is 10.3 Å². The largest absolute Gasteiger partial charge is 0.456 e. The van der Waals surface area contributed by atoms with Crippen molar-refractivity contribution in [2.75, 3.05) is 0 Å². The van der Waals surface area contributed by atoms with Crippen LogP contribution >= 0.6 is 0 Å². The molecule has 1 unspecified atom stereocenters. The van der Waals surface area contributed by atoms with Crippen molar-refractivity contribution >= 4 is 33.5 Å². The molecule has 3 heterocycles. The van der Waals surface area contributed by atoms with Crippen molar-refractivity contribution in [3.05, 3.63) is 167 Å². The predicted molar refractivity (Wildman–Crippen MR) is 183 cm³/mol. The van der Waals surface area contributed by atoms with Gasteiger partial charge in [0.2, 0.25) is 0 Å². The first-order valence-electron chi connectivity index (χ1n) is 15.5. The molecule has 2 aromatic heterocycles. The Morgan fingerprint density at radius 2 is 1.27 bits per heavy atom. The molecule has 0 saturated carbocycles. The number of aliphatic imine (C=N–C) groups is 1. The van der Waals surface area contributed by atoms with Crippen LogP contribution in [0.3, 0.4) is 0 Å². The highest BCUT2D eigenvalue weighted by atomic mass is 16.3. The topological polar surface area (TPSA) is 50.4 Å². The maximum absolute atomic E-state index is 6.18. The van der Waals surface area contributed by atoms with Gasteiger partial charge >= 0.3 is 0 Å². The van der Waals surface area contributed by atoms with Crippen molar-refractivity contribution in [1.29, 1.82) is 0 Å². The number of para-hydroxylation sites is 1. The average molecular weight is 580 g/mol. The molecule has 214 valence electrons. The molecule has 4 nitrogen and oxygen atoms in total. The minimum absolute atomic E-state index is 0.148. The van der Waals surface area contributed by atoms with Gasteiger partial charge in [-0.2, -0.15) is 0 Å². The number of nitrogens with one attached hydrogen (secondary N) is 1. The summed E-state index contributed by atoms with van der Waals surface area (Å²) >= 11 is 0. The highest BCUT2D eigenvalue weighted by Crippen LogP contribution is 2.45. The van der Waals surface area contributed by atoms with Crippen LogP contribution in [-0.4, -0.2) is 10.8 Å². The minimum Gasteiger partial charge on any atom is -0.456 e. The van der Waals surface area contributed by atoms with Gasteiger partial charge in [-0.15, -0.1) is 0 Å². The summed E-state index contributed by atoms with van der Waals surface area (Å²) in [7, 11) is 0. The Hall–Kier alpha value is -5.74. The van der Waals surface area contributed by atoms with Crippen LogP contribution in [0, 0.1) is 0 Å². The summed E-state index contributed by atoms with van der Waals surface area (Å²) in [4.78, 5) is 10.8. The fraction of sp³-hybridized carbons (Fsp3) is 0.0732. The van der Waals surface area contributed by atoms with E-state index in [1.165, 1.54) is 22.3 Å². The van der Waals surface area contributed by atoms with Crippen molar-refractivity contribution in [2.24, 2.45) is 4.99 Å². The first-order chi connectivity index (χ1) is 22.3. The monoisotopic (exact) mass is 579 g/mol. The number of hydrogen-bond donors (Lipinski definition) is 1. The SMILES string of the molecule is c1ccc(C2=NC(c3ccc4oc5ccccc5c4c3)C3=C(N2)c2nc(-c4ccccc4)cc(-c4ccccc4)c2CC3)cc1. The quantitative estimate of drug-likeness (QED) is 0.226. The molecule has 0 saturated heterocycles. The molecule has 1 atom stereocenters. The summed E-state index contributed by atoms with van der Waals surface area (Å²) < 4.78 is 6.18. The van der Waals surface area contributed by atoms with E-state index in [0.717, 1.165) is 74.4 Å². The average Bonchev–Trinajstić information content (AvgIpc) is 3.50. The smallest absolute Gasteiger partial charge is 0.135 e. The van der Waals surface area contributed by atoms with Crippen molar-refractivity contribution < 1.29 is 4.42 Å². The fourth-order valence-electron chi connectivity index (χ4n) is 6.90. The van der Waals surface area contributed by atoms with Gasteiger partial charge in [0, 0.05) is 21.9 Å². The number of rotatable bonds is 4. The van der Waals surface area contributed by atoms with Crippen LogP contribution in [0.15, 0.2) is 155 Å². The number of aromatic nitrogens is 1. The van der Waals surface area contributed by atoms with Gasteiger partial charge in [0.25, 0.3) is 0 Å². The molecular formula is C41H29N3O. The molecule has 0 fully saturated rings. The molecular weight excluding hydrogens is 550 g/mol. The molecule has 0 radical (unpaired) electrons. The fourth-order valence-corrected chi connectivity index (χ4v) is 6.90. The van der Waals surface area contributed by atoms with Crippen LogP contribution in [0.1, 0.15) is 34.8 Å². The lowest BCUT2D eigenvalue weighted by molar-refractivity contribution is 0.668. The molecule has 0 bridgehead atoms. The van der Waals surface area contributed by atoms with E-state index in [1.807, 2.05) is 18.2 Å². The van der Waals surface area contributed by atoms with Crippen LogP contribution in [0.5, 0.6) is 0 Å². The number of fused-ring (bicyclic) bond motifs is 5. The lowest BCUT2D eigenvalue weighted by atomic mass is 9.81. The normalized spacial score (nSPS) is 15.8. The summed E-state index contributed by atoms with van der Waals surface area (Å²) in [6, 6.07) is 48.5. The maximum atomic E-state index is 6.18. The Labute approximate surface area is 261 Å². The Morgan fingerprint density at radius 3 is 2.04 bits per heavy atom. The lowest BCUT2D eigenvalue weighted by Gasteiger charge is -2.33. The van der Waals surface area contributed by atoms with E-state index in [0.29, 0.717) is 0 Å². The molecule has 2 aliphatic rings. The molecule has 0 amide bonds. The third-order valence-corrected chi connectivity index (χ3v) is 9.08. The second-order valence-corrected chi connectivity index (χ2v) is 11.7. The molecule has 7 aromatic rings. The summed E-state index contributed by atoms with van der Waals surface area (Å²) in [5.41, 5.74) is 13.2. The van der Waals surface area contributed by atoms with Gasteiger partial charge in [0.05, 0.1) is 17.1 Å². The third kappa shape index (κ3) is 4.37. The van der Waals surface area contributed by atoms with Gasteiger partial charge < -0.3 is 9.73 Å². The van der Waals surface area contributed by atoms with Gasteiger partial charge in [-0.05, 0) is 64.9 Å². The van der Waals surface area contributed by atoms with E-state index in [1.54, 1.807) is 0 Å². The first-order valence-corrected chi connectivity index (χ1v) is 15.5. The van der Waals surface area contributed by atoms with Crippen LogP contribution in [0.4, 0.5) is 0 Å². The molecule has 1 aliphatic heterocycles. The molecule has 9 rings (SSSR count). The Balaban J connectivity index is 1.28. The Kier molecular flexibility index (Phi) is 5.98. The molecule has 5 aromatic carbocycles.